The molecule has 0 aliphatic carbocycles. The molecule has 1 aliphatic rings. The van der Waals surface area contributed by atoms with Gasteiger partial charge in [-0.2, -0.15) is 0 Å². The van der Waals surface area contributed by atoms with Gasteiger partial charge in [0.25, 0.3) is 5.91 Å². The Kier molecular flexibility index (Phi) is 3.93. The third-order valence-corrected chi connectivity index (χ3v) is 5.23. The predicted molar refractivity (Wildman–Crippen MR) is 98.0 cm³/mol. The molecule has 0 saturated carbocycles. The molecule has 25 heavy (non-hydrogen) atoms. The van der Waals surface area contributed by atoms with Gasteiger partial charge in [-0.25, -0.2) is 15.0 Å². The molecule has 3 aromatic rings. The normalized spacial score (nSPS) is 17.2. The summed E-state index contributed by atoms with van der Waals surface area (Å²) < 4.78 is 0. The summed E-state index contributed by atoms with van der Waals surface area (Å²) in [6.07, 6.45) is 0. The van der Waals surface area contributed by atoms with Crippen molar-refractivity contribution in [2.24, 2.45) is 0 Å². The number of carbonyl (C=O) groups is 1. The van der Waals surface area contributed by atoms with Crippen LogP contribution in [-0.4, -0.2) is 31.7 Å². The first-order valence-corrected chi connectivity index (χ1v) is 8.89. The van der Waals surface area contributed by atoms with E-state index in [-0.39, 0.29) is 17.0 Å². The molecule has 0 radical (unpaired) electrons. The van der Waals surface area contributed by atoms with E-state index in [0.717, 1.165) is 22.3 Å². The van der Waals surface area contributed by atoms with Crippen molar-refractivity contribution in [1.82, 2.24) is 15.0 Å². The Bertz CT molecular complexity index is 945. The second-order valence-electron chi connectivity index (χ2n) is 5.78. The molecule has 1 unspecified atom stereocenters. The van der Waals surface area contributed by atoms with Crippen LogP contribution >= 0.6 is 11.8 Å². The summed E-state index contributed by atoms with van der Waals surface area (Å²) in [5.74, 6) is 1.14. The highest BCUT2D eigenvalue weighted by molar-refractivity contribution is 8.00. The SMILES string of the molecule is Cc1nc2ccccc2nc1NN1C(=O)CSC1c1ccc(O)cc1. The molecule has 6 nitrogen and oxygen atoms in total. The Hall–Kier alpha value is -2.80. The zero-order valence-corrected chi connectivity index (χ0v) is 14.3. The molecule has 1 saturated heterocycles. The zero-order valence-electron chi connectivity index (χ0n) is 13.5. The van der Waals surface area contributed by atoms with Crippen LogP contribution < -0.4 is 5.43 Å². The van der Waals surface area contributed by atoms with E-state index in [9.17, 15) is 9.90 Å². The van der Waals surface area contributed by atoms with E-state index in [0.29, 0.717) is 11.6 Å². The number of carbonyl (C=O) groups excluding carboxylic acids is 1. The number of benzene rings is 2. The lowest BCUT2D eigenvalue weighted by Gasteiger charge is -2.25. The Morgan fingerprint density at radius 3 is 2.52 bits per heavy atom. The van der Waals surface area contributed by atoms with Gasteiger partial charge in [0.15, 0.2) is 5.82 Å². The van der Waals surface area contributed by atoms with Gasteiger partial charge in [-0.05, 0) is 36.8 Å². The number of hydrogen-bond donors (Lipinski definition) is 2. The zero-order chi connectivity index (χ0) is 17.4. The molecule has 0 spiro atoms. The smallest absolute Gasteiger partial charge is 0.252 e. The van der Waals surface area contributed by atoms with Crippen molar-refractivity contribution in [1.29, 1.82) is 0 Å². The lowest BCUT2D eigenvalue weighted by molar-refractivity contribution is -0.126. The third-order valence-electron chi connectivity index (χ3n) is 4.02. The van der Waals surface area contributed by atoms with Crippen LogP contribution in [0.5, 0.6) is 5.75 Å². The fourth-order valence-electron chi connectivity index (χ4n) is 2.74. The summed E-state index contributed by atoms with van der Waals surface area (Å²) in [6, 6.07) is 14.5. The largest absolute Gasteiger partial charge is 0.508 e. The van der Waals surface area contributed by atoms with E-state index in [2.05, 4.69) is 15.4 Å². The first kappa shape index (κ1) is 15.7. The minimum absolute atomic E-state index is 0.0163. The van der Waals surface area contributed by atoms with Crippen molar-refractivity contribution in [2.45, 2.75) is 12.3 Å². The number of nitrogens with zero attached hydrogens (tertiary/aromatic N) is 3. The number of thioether (sulfide) groups is 1. The standard InChI is InChI=1S/C18H16N4O2S/c1-11-17(20-15-5-3-2-4-14(15)19-11)21-22-16(24)10-25-18(22)12-6-8-13(23)9-7-12/h2-9,18,23H,10H2,1H3,(H,20,21). The summed E-state index contributed by atoms with van der Waals surface area (Å²) in [6.45, 7) is 1.87. The highest BCUT2D eigenvalue weighted by Gasteiger charge is 2.33. The molecule has 1 atom stereocenters. The van der Waals surface area contributed by atoms with Crippen molar-refractivity contribution in [2.75, 3.05) is 11.2 Å². The van der Waals surface area contributed by atoms with Gasteiger partial charge in [-0.1, -0.05) is 24.3 Å². The lowest BCUT2D eigenvalue weighted by Crippen LogP contribution is -2.34. The van der Waals surface area contributed by atoms with Gasteiger partial charge in [0.2, 0.25) is 0 Å². The fraction of sp³-hybridized carbons (Fsp3) is 0.167. The summed E-state index contributed by atoms with van der Waals surface area (Å²) in [4.78, 5) is 21.5. The molecule has 126 valence electrons. The molecular formula is C18H16N4O2S. The number of amides is 1. The molecule has 7 heteroatoms. The average Bonchev–Trinajstić information content (AvgIpc) is 2.97. The number of aryl methyl sites for hydroxylation is 1. The van der Waals surface area contributed by atoms with Crippen LogP contribution in [0, 0.1) is 6.92 Å². The van der Waals surface area contributed by atoms with Gasteiger partial charge in [0, 0.05) is 0 Å². The number of phenolic OH excluding ortho intramolecular Hbond substituents is 1. The maximum atomic E-state index is 12.3. The number of phenols is 1. The molecule has 2 N–H and O–H groups in total. The summed E-state index contributed by atoms with van der Waals surface area (Å²) in [5, 5.41) is 10.9. The lowest BCUT2D eigenvalue weighted by atomic mass is 10.2. The molecule has 1 aliphatic heterocycles. The molecule has 1 fully saturated rings. The van der Waals surface area contributed by atoms with Crippen molar-refractivity contribution >= 4 is 34.5 Å². The molecule has 2 heterocycles. The van der Waals surface area contributed by atoms with Crippen LogP contribution in [-0.2, 0) is 4.79 Å². The summed E-state index contributed by atoms with van der Waals surface area (Å²) in [7, 11) is 0. The Morgan fingerprint density at radius 2 is 1.80 bits per heavy atom. The second kappa shape index (κ2) is 6.25. The number of para-hydroxylation sites is 2. The van der Waals surface area contributed by atoms with Crippen molar-refractivity contribution in [3.05, 3.63) is 59.8 Å². The van der Waals surface area contributed by atoms with Crippen molar-refractivity contribution < 1.29 is 9.90 Å². The van der Waals surface area contributed by atoms with Gasteiger partial charge in [-0.15, -0.1) is 11.8 Å². The van der Waals surface area contributed by atoms with Crippen LogP contribution in [0.3, 0.4) is 0 Å². The number of hydrazine groups is 1. The average molecular weight is 352 g/mol. The maximum absolute atomic E-state index is 12.3. The van der Waals surface area contributed by atoms with Crippen LogP contribution in [0.15, 0.2) is 48.5 Å². The van der Waals surface area contributed by atoms with Gasteiger partial charge >= 0.3 is 0 Å². The summed E-state index contributed by atoms with van der Waals surface area (Å²) >= 11 is 1.53. The fourth-order valence-corrected chi connectivity index (χ4v) is 3.85. The first-order valence-electron chi connectivity index (χ1n) is 7.84. The highest BCUT2D eigenvalue weighted by atomic mass is 32.2. The van der Waals surface area contributed by atoms with Crippen molar-refractivity contribution in [3.8, 4) is 5.75 Å². The number of rotatable bonds is 3. The second-order valence-corrected chi connectivity index (χ2v) is 6.85. The maximum Gasteiger partial charge on any atom is 0.252 e. The van der Waals surface area contributed by atoms with E-state index in [1.54, 1.807) is 17.1 Å². The number of aromatic hydroxyl groups is 1. The van der Waals surface area contributed by atoms with E-state index < -0.39 is 0 Å². The predicted octanol–water partition coefficient (Wildman–Crippen LogP) is 3.24. The van der Waals surface area contributed by atoms with Gasteiger partial charge in [0.1, 0.15) is 11.1 Å². The minimum Gasteiger partial charge on any atom is -0.508 e. The molecule has 1 aromatic heterocycles. The van der Waals surface area contributed by atoms with Gasteiger partial charge < -0.3 is 5.11 Å². The number of aromatic nitrogens is 2. The van der Waals surface area contributed by atoms with E-state index in [4.69, 9.17) is 0 Å². The topological polar surface area (TPSA) is 78.4 Å². The van der Waals surface area contributed by atoms with Crippen molar-refractivity contribution in [3.63, 3.8) is 0 Å². The number of anilines is 1. The quantitative estimate of drug-likeness (QED) is 0.753. The molecular weight excluding hydrogens is 336 g/mol. The molecule has 2 aromatic carbocycles. The molecule has 1 amide bonds. The van der Waals surface area contributed by atoms with E-state index in [1.165, 1.54) is 11.8 Å². The number of nitrogens with one attached hydrogen (secondary N) is 1. The Labute approximate surface area is 148 Å². The molecule has 4 rings (SSSR count). The Balaban J connectivity index is 1.67. The number of hydrogen-bond acceptors (Lipinski definition) is 6. The number of fused-ring (bicyclic) bond motifs is 1. The van der Waals surface area contributed by atoms with Crippen LogP contribution in [0.2, 0.25) is 0 Å². The third kappa shape index (κ3) is 2.98. The summed E-state index contributed by atoms with van der Waals surface area (Å²) in [5.41, 5.74) is 6.40. The minimum atomic E-state index is -0.180. The highest BCUT2D eigenvalue weighted by Crippen LogP contribution is 2.39. The van der Waals surface area contributed by atoms with E-state index in [1.807, 2.05) is 43.3 Å². The van der Waals surface area contributed by atoms with Crippen LogP contribution in [0.25, 0.3) is 11.0 Å². The van der Waals surface area contributed by atoms with Crippen LogP contribution in [0.4, 0.5) is 5.82 Å². The Morgan fingerprint density at radius 1 is 1.12 bits per heavy atom. The van der Waals surface area contributed by atoms with Crippen LogP contribution in [0.1, 0.15) is 16.6 Å². The first-order chi connectivity index (χ1) is 12.1. The van der Waals surface area contributed by atoms with Gasteiger partial charge in [0.05, 0.1) is 22.5 Å². The van der Waals surface area contributed by atoms with E-state index >= 15 is 0 Å². The van der Waals surface area contributed by atoms with Gasteiger partial charge in [-0.3, -0.25) is 10.2 Å². The molecule has 0 bridgehead atoms. The monoisotopic (exact) mass is 352 g/mol.